The van der Waals surface area contributed by atoms with Gasteiger partial charge in [0.05, 0.1) is 11.3 Å². The van der Waals surface area contributed by atoms with Gasteiger partial charge in [0.15, 0.2) is 11.0 Å². The van der Waals surface area contributed by atoms with Crippen LogP contribution in [0.1, 0.15) is 41.1 Å². The number of nitrogens with one attached hydrogen (secondary N) is 1. The van der Waals surface area contributed by atoms with Gasteiger partial charge >= 0.3 is 0 Å². The standard InChI is InChI=1S/C21H24N6O2S2/c1-3-27-19(13-6-8-23-9-7-13)25-26-21(27)30-11-16(28)24-20-17(18(22)29)14-5-4-12(2)10-15(14)31-20/h6-9,12H,3-5,10-11H2,1-2H3,(H2,22,29)(H,24,28). The summed E-state index contributed by atoms with van der Waals surface area (Å²) in [4.78, 5) is 29.9. The van der Waals surface area contributed by atoms with Gasteiger partial charge in [0.2, 0.25) is 5.91 Å². The van der Waals surface area contributed by atoms with Crippen molar-refractivity contribution in [3.8, 4) is 11.4 Å². The van der Waals surface area contributed by atoms with Gasteiger partial charge in [-0.1, -0.05) is 18.7 Å². The fourth-order valence-electron chi connectivity index (χ4n) is 3.79. The molecule has 8 nitrogen and oxygen atoms in total. The summed E-state index contributed by atoms with van der Waals surface area (Å²) < 4.78 is 1.97. The first-order chi connectivity index (χ1) is 15.0. The van der Waals surface area contributed by atoms with Gasteiger partial charge in [0.25, 0.3) is 5.91 Å². The van der Waals surface area contributed by atoms with E-state index < -0.39 is 5.91 Å². The van der Waals surface area contributed by atoms with Crippen molar-refractivity contribution in [3.05, 3.63) is 40.5 Å². The molecule has 2 amide bonds. The number of anilines is 1. The molecule has 0 saturated carbocycles. The molecule has 3 aromatic rings. The van der Waals surface area contributed by atoms with Crippen LogP contribution in [0.5, 0.6) is 0 Å². The first-order valence-corrected chi connectivity index (χ1v) is 12.0. The number of carbonyl (C=O) groups excluding carboxylic acids is 2. The van der Waals surface area contributed by atoms with Gasteiger partial charge in [0.1, 0.15) is 5.00 Å². The molecule has 3 aromatic heterocycles. The van der Waals surface area contributed by atoms with E-state index >= 15 is 0 Å². The van der Waals surface area contributed by atoms with Crippen LogP contribution >= 0.6 is 23.1 Å². The van der Waals surface area contributed by atoms with Gasteiger partial charge in [-0.05, 0) is 49.8 Å². The summed E-state index contributed by atoms with van der Waals surface area (Å²) >= 11 is 2.79. The van der Waals surface area contributed by atoms with Crippen LogP contribution < -0.4 is 11.1 Å². The van der Waals surface area contributed by atoms with E-state index in [0.717, 1.165) is 41.1 Å². The van der Waals surface area contributed by atoms with Crippen LogP contribution in [-0.2, 0) is 24.2 Å². The minimum Gasteiger partial charge on any atom is -0.365 e. The molecule has 0 bridgehead atoms. The van der Waals surface area contributed by atoms with E-state index in [1.165, 1.54) is 23.1 Å². The summed E-state index contributed by atoms with van der Waals surface area (Å²) in [6, 6.07) is 3.75. The third-order valence-electron chi connectivity index (χ3n) is 5.31. The van der Waals surface area contributed by atoms with Crippen LogP contribution in [0, 0.1) is 5.92 Å². The molecule has 0 saturated heterocycles. The van der Waals surface area contributed by atoms with Gasteiger partial charge < -0.3 is 15.6 Å². The van der Waals surface area contributed by atoms with Gasteiger partial charge in [-0.3, -0.25) is 14.6 Å². The number of amides is 2. The topological polar surface area (TPSA) is 116 Å². The largest absolute Gasteiger partial charge is 0.365 e. The highest BCUT2D eigenvalue weighted by Crippen LogP contribution is 2.39. The zero-order chi connectivity index (χ0) is 22.0. The second-order valence-corrected chi connectivity index (χ2v) is 9.59. The molecule has 0 aromatic carbocycles. The molecule has 31 heavy (non-hydrogen) atoms. The average Bonchev–Trinajstić information content (AvgIpc) is 3.32. The maximum Gasteiger partial charge on any atom is 0.251 e. The number of thiophene rings is 1. The molecule has 4 rings (SSSR count). The number of carbonyl (C=O) groups is 2. The minimum absolute atomic E-state index is 0.158. The second-order valence-electron chi connectivity index (χ2n) is 7.54. The average molecular weight is 457 g/mol. The fourth-order valence-corrected chi connectivity index (χ4v) is 6.02. The molecule has 10 heteroatoms. The van der Waals surface area contributed by atoms with E-state index in [1.807, 2.05) is 23.6 Å². The normalized spacial score (nSPS) is 15.5. The Morgan fingerprint density at radius 2 is 2.10 bits per heavy atom. The van der Waals surface area contributed by atoms with Crippen molar-refractivity contribution >= 4 is 39.9 Å². The maximum atomic E-state index is 12.7. The molecule has 1 aliphatic rings. The van der Waals surface area contributed by atoms with Crippen LogP contribution in [-0.4, -0.2) is 37.3 Å². The van der Waals surface area contributed by atoms with Crippen LogP contribution in [0.25, 0.3) is 11.4 Å². The van der Waals surface area contributed by atoms with Crippen LogP contribution in [0.4, 0.5) is 5.00 Å². The van der Waals surface area contributed by atoms with Crippen molar-refractivity contribution in [2.75, 3.05) is 11.1 Å². The molecular weight excluding hydrogens is 432 g/mol. The predicted octanol–water partition coefficient (Wildman–Crippen LogP) is 3.38. The number of hydrogen-bond acceptors (Lipinski definition) is 7. The lowest BCUT2D eigenvalue weighted by atomic mass is 9.88. The zero-order valence-electron chi connectivity index (χ0n) is 17.4. The highest BCUT2D eigenvalue weighted by Gasteiger charge is 2.27. The monoisotopic (exact) mass is 456 g/mol. The number of nitrogens with two attached hydrogens (primary N) is 1. The second kappa shape index (κ2) is 9.19. The fraction of sp³-hybridized carbons (Fsp3) is 0.381. The van der Waals surface area contributed by atoms with Crippen LogP contribution in [0.3, 0.4) is 0 Å². The number of fused-ring (bicyclic) bond motifs is 1. The van der Waals surface area contributed by atoms with Crippen molar-refractivity contribution in [1.82, 2.24) is 19.7 Å². The van der Waals surface area contributed by atoms with Gasteiger partial charge in [-0.25, -0.2) is 0 Å². The number of thioether (sulfide) groups is 1. The van der Waals surface area contributed by atoms with E-state index in [1.54, 1.807) is 12.4 Å². The Morgan fingerprint density at radius 3 is 2.81 bits per heavy atom. The number of nitrogens with zero attached hydrogens (tertiary/aromatic N) is 4. The van der Waals surface area contributed by atoms with Crippen LogP contribution in [0.15, 0.2) is 29.7 Å². The lowest BCUT2D eigenvalue weighted by Gasteiger charge is -2.18. The Balaban J connectivity index is 1.47. The Morgan fingerprint density at radius 1 is 1.32 bits per heavy atom. The van der Waals surface area contributed by atoms with Crippen molar-refractivity contribution < 1.29 is 9.59 Å². The highest BCUT2D eigenvalue weighted by atomic mass is 32.2. The van der Waals surface area contributed by atoms with Gasteiger partial charge in [-0.15, -0.1) is 21.5 Å². The molecule has 0 fully saturated rings. The summed E-state index contributed by atoms with van der Waals surface area (Å²) in [5.41, 5.74) is 8.04. The Labute approximate surface area is 188 Å². The number of hydrogen-bond donors (Lipinski definition) is 2. The minimum atomic E-state index is -0.484. The summed E-state index contributed by atoms with van der Waals surface area (Å²) in [7, 11) is 0. The summed E-state index contributed by atoms with van der Waals surface area (Å²) in [5.74, 6) is 0.786. The van der Waals surface area contributed by atoms with Crippen molar-refractivity contribution in [2.24, 2.45) is 11.7 Å². The Hall–Kier alpha value is -2.72. The van der Waals surface area contributed by atoms with E-state index in [4.69, 9.17) is 5.73 Å². The lowest BCUT2D eigenvalue weighted by Crippen LogP contribution is -2.20. The number of primary amides is 1. The molecule has 3 N–H and O–H groups in total. The van der Waals surface area contributed by atoms with E-state index in [9.17, 15) is 9.59 Å². The first kappa shape index (κ1) is 21.5. The van der Waals surface area contributed by atoms with Crippen molar-refractivity contribution in [3.63, 3.8) is 0 Å². The van der Waals surface area contributed by atoms with Crippen molar-refractivity contribution in [2.45, 2.75) is 44.8 Å². The quantitative estimate of drug-likeness (QED) is 0.527. The molecule has 1 atom stereocenters. The smallest absolute Gasteiger partial charge is 0.251 e. The third kappa shape index (κ3) is 4.49. The molecule has 0 radical (unpaired) electrons. The molecule has 1 aliphatic carbocycles. The number of aromatic nitrogens is 4. The van der Waals surface area contributed by atoms with E-state index in [-0.39, 0.29) is 11.7 Å². The van der Waals surface area contributed by atoms with Crippen molar-refractivity contribution in [1.29, 1.82) is 0 Å². The number of pyridine rings is 1. The maximum absolute atomic E-state index is 12.7. The number of rotatable bonds is 7. The molecule has 162 valence electrons. The molecule has 0 spiro atoms. The molecule has 0 aliphatic heterocycles. The van der Waals surface area contributed by atoms with E-state index in [2.05, 4.69) is 27.4 Å². The molecular formula is C21H24N6O2S2. The Bertz CT molecular complexity index is 1110. The predicted molar refractivity (Wildman–Crippen MR) is 122 cm³/mol. The van der Waals surface area contributed by atoms with Crippen LogP contribution in [0.2, 0.25) is 0 Å². The summed E-state index contributed by atoms with van der Waals surface area (Å²) in [5, 5.41) is 12.7. The highest BCUT2D eigenvalue weighted by molar-refractivity contribution is 7.99. The van der Waals surface area contributed by atoms with Gasteiger partial charge in [0, 0.05) is 29.4 Å². The third-order valence-corrected chi connectivity index (χ3v) is 7.45. The Kier molecular flexibility index (Phi) is 6.38. The molecule has 1 unspecified atom stereocenters. The zero-order valence-corrected chi connectivity index (χ0v) is 19.1. The van der Waals surface area contributed by atoms with Gasteiger partial charge in [-0.2, -0.15) is 0 Å². The SMILES string of the molecule is CCn1c(SCC(=O)Nc2sc3c(c2C(N)=O)CCC(C)C3)nnc1-c1ccncc1. The van der Waals surface area contributed by atoms with E-state index in [0.29, 0.717) is 28.2 Å². The summed E-state index contributed by atoms with van der Waals surface area (Å²) in [6.45, 7) is 4.89. The lowest BCUT2D eigenvalue weighted by molar-refractivity contribution is -0.113. The summed E-state index contributed by atoms with van der Waals surface area (Å²) in [6.07, 6.45) is 6.19. The molecule has 3 heterocycles. The first-order valence-electron chi connectivity index (χ1n) is 10.2.